The molecule has 1 fully saturated rings. The number of hydrogen-bond acceptors (Lipinski definition) is 6. The largest absolute Gasteiger partial charge is 0.504 e. The van der Waals surface area contributed by atoms with Gasteiger partial charge in [-0.2, -0.15) is 5.26 Å². The number of carbonyl (C=O) groups is 1. The highest BCUT2D eigenvalue weighted by atomic mass is 16.7. The lowest BCUT2D eigenvalue weighted by Crippen LogP contribution is -2.30. The molecule has 0 radical (unpaired) electrons. The topological polar surface area (TPSA) is 105 Å². The van der Waals surface area contributed by atoms with Crippen molar-refractivity contribution in [2.24, 2.45) is 0 Å². The van der Waals surface area contributed by atoms with Crippen LogP contribution >= 0.6 is 0 Å². The average Bonchev–Trinajstić information content (AvgIpc) is 3.32. The summed E-state index contributed by atoms with van der Waals surface area (Å²) in [5.74, 6) is -0.225. The number of aromatic amines is 1. The first-order chi connectivity index (χ1) is 15.1. The fraction of sp³-hybridized carbons (Fsp3) is 0.360. The lowest BCUT2D eigenvalue weighted by atomic mass is 9.71. The Balaban J connectivity index is 1.53. The smallest absolute Gasteiger partial charge is 0.195 e. The second-order valence-corrected chi connectivity index (χ2v) is 9.29. The maximum atomic E-state index is 13.4. The molecule has 0 saturated carbocycles. The number of carbonyl (C=O) groups excluding carboxylic acids is 1. The number of ether oxygens (including phenoxy) is 3. The van der Waals surface area contributed by atoms with Gasteiger partial charge in [-0.05, 0) is 43.7 Å². The van der Waals surface area contributed by atoms with Crippen molar-refractivity contribution in [3.63, 3.8) is 0 Å². The molecule has 1 aliphatic carbocycles. The number of benzene rings is 2. The van der Waals surface area contributed by atoms with Gasteiger partial charge in [0.2, 0.25) is 0 Å². The molecule has 1 atom stereocenters. The van der Waals surface area contributed by atoms with Crippen LogP contribution in [-0.2, 0) is 14.9 Å². The zero-order valence-corrected chi connectivity index (χ0v) is 18.4. The van der Waals surface area contributed by atoms with E-state index in [2.05, 4.69) is 4.98 Å². The molecule has 2 aromatic carbocycles. The molecule has 1 aromatic heterocycles. The number of hydrogen-bond donors (Lipinski definition) is 2. The van der Waals surface area contributed by atoms with Gasteiger partial charge in [0.1, 0.15) is 24.5 Å². The molecule has 2 N–H and O–H groups in total. The maximum absolute atomic E-state index is 13.4. The molecule has 0 spiro atoms. The Kier molecular flexibility index (Phi) is 4.39. The van der Waals surface area contributed by atoms with Gasteiger partial charge < -0.3 is 24.3 Å². The van der Waals surface area contributed by atoms with Crippen molar-refractivity contribution in [1.29, 1.82) is 5.26 Å². The second-order valence-electron chi connectivity index (χ2n) is 9.29. The molecule has 3 aromatic rings. The molecule has 2 aliphatic rings. The molecule has 1 saturated heterocycles. The predicted molar refractivity (Wildman–Crippen MR) is 117 cm³/mol. The number of ketones is 1. The van der Waals surface area contributed by atoms with E-state index in [0.717, 1.165) is 5.56 Å². The standard InChI is InChI=1S/C25H24N2O5/c1-24(2)18-9-14(30-11-15-12-31-25(3,4)32-15)6-8-16(18)22(29)19-17-7-5-13(10-26)21(28)20(17)27-23(19)24/h5-9,15,27-28H,11-12H2,1-4H3/t15-/m1/s1. The van der Waals surface area contributed by atoms with Crippen LogP contribution < -0.4 is 4.74 Å². The Morgan fingerprint density at radius 1 is 1.25 bits per heavy atom. The molecule has 0 unspecified atom stereocenters. The number of rotatable bonds is 3. The van der Waals surface area contributed by atoms with Gasteiger partial charge >= 0.3 is 0 Å². The molecule has 1 aliphatic heterocycles. The van der Waals surface area contributed by atoms with Crippen molar-refractivity contribution in [1.82, 2.24) is 4.98 Å². The Hall–Kier alpha value is -3.34. The number of nitriles is 1. The lowest BCUT2D eigenvalue weighted by molar-refractivity contribution is -0.141. The SMILES string of the molecule is CC1(C)OC[C@@H](COc2ccc3c(c2)C(C)(C)c2[nH]c4c(O)c(C#N)ccc4c2C3=O)O1. The van der Waals surface area contributed by atoms with Crippen LogP contribution in [-0.4, -0.2) is 41.0 Å². The highest BCUT2D eigenvalue weighted by Gasteiger charge is 2.40. The average molecular weight is 432 g/mol. The van der Waals surface area contributed by atoms with Gasteiger partial charge in [0.25, 0.3) is 0 Å². The summed E-state index contributed by atoms with van der Waals surface area (Å²) in [5, 5.41) is 20.4. The molecular formula is C25H24N2O5. The Morgan fingerprint density at radius 3 is 2.72 bits per heavy atom. The van der Waals surface area contributed by atoms with Crippen molar-refractivity contribution < 1.29 is 24.1 Å². The molecule has 0 amide bonds. The molecule has 32 heavy (non-hydrogen) atoms. The molecule has 0 bridgehead atoms. The number of H-pyrrole nitrogens is 1. The Morgan fingerprint density at radius 2 is 2.03 bits per heavy atom. The van der Waals surface area contributed by atoms with Crippen molar-refractivity contribution >= 4 is 16.7 Å². The summed E-state index contributed by atoms with van der Waals surface area (Å²) in [7, 11) is 0. The van der Waals surface area contributed by atoms with E-state index in [0.29, 0.717) is 46.7 Å². The summed E-state index contributed by atoms with van der Waals surface area (Å²) in [6.07, 6.45) is -0.159. The number of phenolic OH excluding ortho intramolecular Hbond substituents is 1. The molecule has 7 nitrogen and oxygen atoms in total. The second kappa shape index (κ2) is 6.83. The number of aromatic nitrogens is 1. The number of phenols is 1. The third kappa shape index (κ3) is 2.99. The van der Waals surface area contributed by atoms with Crippen molar-refractivity contribution in [3.8, 4) is 17.6 Å². The quantitative estimate of drug-likeness (QED) is 0.644. The van der Waals surface area contributed by atoms with Gasteiger partial charge in [-0.1, -0.05) is 19.9 Å². The third-order valence-electron chi connectivity index (χ3n) is 6.33. The van der Waals surface area contributed by atoms with E-state index in [4.69, 9.17) is 14.2 Å². The van der Waals surface area contributed by atoms with Crippen molar-refractivity contribution in [3.05, 3.63) is 58.3 Å². The highest BCUT2D eigenvalue weighted by molar-refractivity contribution is 6.20. The van der Waals surface area contributed by atoms with E-state index in [1.807, 2.05) is 39.8 Å². The summed E-state index contributed by atoms with van der Waals surface area (Å²) >= 11 is 0. The van der Waals surface area contributed by atoms with E-state index < -0.39 is 11.2 Å². The summed E-state index contributed by atoms with van der Waals surface area (Å²) in [4.78, 5) is 16.7. The van der Waals surface area contributed by atoms with Crippen LogP contribution in [0.5, 0.6) is 11.5 Å². The van der Waals surface area contributed by atoms with Gasteiger partial charge in [0, 0.05) is 22.1 Å². The first-order valence-electron chi connectivity index (χ1n) is 10.5. The van der Waals surface area contributed by atoms with Crippen LogP contribution in [0.2, 0.25) is 0 Å². The maximum Gasteiger partial charge on any atom is 0.195 e. The minimum absolute atomic E-state index is 0.120. The van der Waals surface area contributed by atoms with Gasteiger partial charge in [0.05, 0.1) is 23.3 Å². The van der Waals surface area contributed by atoms with Crippen LogP contribution in [0.1, 0.15) is 60.4 Å². The molecular weight excluding hydrogens is 408 g/mol. The van der Waals surface area contributed by atoms with Crippen LogP contribution in [0.4, 0.5) is 0 Å². The van der Waals surface area contributed by atoms with E-state index in [-0.39, 0.29) is 23.2 Å². The zero-order chi connectivity index (χ0) is 22.8. The molecule has 164 valence electrons. The number of fused-ring (bicyclic) bond motifs is 4. The zero-order valence-electron chi connectivity index (χ0n) is 18.4. The molecule has 2 heterocycles. The monoisotopic (exact) mass is 432 g/mol. The summed E-state index contributed by atoms with van der Waals surface area (Å²) in [6.45, 7) is 8.60. The minimum atomic E-state index is -0.610. The predicted octanol–water partition coefficient (Wildman–Crippen LogP) is 4.15. The van der Waals surface area contributed by atoms with Crippen LogP contribution in [0.3, 0.4) is 0 Å². The van der Waals surface area contributed by atoms with E-state index in [1.165, 1.54) is 6.07 Å². The van der Waals surface area contributed by atoms with Crippen molar-refractivity contribution in [2.45, 2.75) is 45.0 Å². The lowest BCUT2D eigenvalue weighted by Gasteiger charge is -2.32. The van der Waals surface area contributed by atoms with Crippen LogP contribution in [0.25, 0.3) is 10.9 Å². The fourth-order valence-electron chi connectivity index (χ4n) is 4.67. The Bertz CT molecular complexity index is 1310. The first kappa shape index (κ1) is 20.6. The normalized spacial score (nSPS) is 20.6. The van der Waals surface area contributed by atoms with E-state index in [9.17, 15) is 15.2 Å². The summed E-state index contributed by atoms with van der Waals surface area (Å²) in [5.41, 5.74) is 2.69. The molecule has 5 rings (SSSR count). The summed E-state index contributed by atoms with van der Waals surface area (Å²) < 4.78 is 17.4. The third-order valence-corrected chi connectivity index (χ3v) is 6.33. The molecule has 7 heteroatoms. The van der Waals surface area contributed by atoms with E-state index in [1.54, 1.807) is 18.2 Å². The van der Waals surface area contributed by atoms with Gasteiger partial charge in [0.15, 0.2) is 17.3 Å². The van der Waals surface area contributed by atoms with E-state index >= 15 is 0 Å². The van der Waals surface area contributed by atoms with Gasteiger partial charge in [-0.15, -0.1) is 0 Å². The van der Waals surface area contributed by atoms with Gasteiger partial charge in [-0.25, -0.2) is 0 Å². The summed E-state index contributed by atoms with van der Waals surface area (Å²) in [6, 6.07) is 10.7. The van der Waals surface area contributed by atoms with Crippen molar-refractivity contribution in [2.75, 3.05) is 13.2 Å². The number of aromatic hydroxyl groups is 1. The number of nitrogens with one attached hydrogen (secondary N) is 1. The number of nitrogens with zero attached hydrogens (tertiary/aromatic N) is 1. The first-order valence-corrected chi connectivity index (χ1v) is 10.5. The van der Waals surface area contributed by atoms with Crippen LogP contribution in [0.15, 0.2) is 30.3 Å². The minimum Gasteiger partial charge on any atom is -0.504 e. The van der Waals surface area contributed by atoms with Crippen LogP contribution in [0, 0.1) is 11.3 Å². The van der Waals surface area contributed by atoms with Gasteiger partial charge in [-0.3, -0.25) is 4.79 Å². The Labute approximate surface area is 185 Å². The highest BCUT2D eigenvalue weighted by Crippen LogP contribution is 2.46. The fourth-order valence-corrected chi connectivity index (χ4v) is 4.67.